The smallest absolute Gasteiger partial charge is 0.234 e. The van der Waals surface area contributed by atoms with Crippen molar-refractivity contribution in [1.82, 2.24) is 15.5 Å². The van der Waals surface area contributed by atoms with E-state index in [4.69, 9.17) is 0 Å². The molecule has 0 aromatic carbocycles. The molecule has 0 radical (unpaired) electrons. The maximum atomic E-state index is 11.7. The Bertz CT molecular complexity index is 267. The average Bonchev–Trinajstić information content (AvgIpc) is 2.46. The number of carbonyl (C=O) groups is 1. The molecule has 1 aliphatic rings. The SMILES string of the molecule is CN(CC(=O)NC(C)(C)C)CC1(O)CCNC1. The van der Waals surface area contributed by atoms with E-state index >= 15 is 0 Å². The molecule has 1 fully saturated rings. The van der Waals surface area contributed by atoms with Gasteiger partial charge in [-0.25, -0.2) is 0 Å². The van der Waals surface area contributed by atoms with Gasteiger partial charge in [0, 0.05) is 18.6 Å². The van der Waals surface area contributed by atoms with E-state index in [1.54, 1.807) is 0 Å². The van der Waals surface area contributed by atoms with Gasteiger partial charge >= 0.3 is 0 Å². The van der Waals surface area contributed by atoms with Crippen LogP contribution >= 0.6 is 0 Å². The summed E-state index contributed by atoms with van der Waals surface area (Å²) < 4.78 is 0. The number of amides is 1. The molecule has 1 amide bonds. The molecule has 0 bridgehead atoms. The van der Waals surface area contributed by atoms with Gasteiger partial charge in [-0.3, -0.25) is 9.69 Å². The van der Waals surface area contributed by atoms with E-state index in [1.165, 1.54) is 0 Å². The zero-order valence-electron chi connectivity index (χ0n) is 11.3. The molecular formula is C12H25N3O2. The van der Waals surface area contributed by atoms with Crippen molar-refractivity contribution in [2.75, 3.05) is 33.2 Å². The maximum absolute atomic E-state index is 11.7. The number of nitrogens with zero attached hydrogens (tertiary/aromatic N) is 1. The zero-order valence-corrected chi connectivity index (χ0v) is 11.3. The summed E-state index contributed by atoms with van der Waals surface area (Å²) in [4.78, 5) is 13.6. The highest BCUT2D eigenvalue weighted by Gasteiger charge is 2.32. The number of aliphatic hydroxyl groups is 1. The second kappa shape index (κ2) is 5.33. The molecule has 1 heterocycles. The fourth-order valence-corrected chi connectivity index (χ4v) is 2.13. The molecule has 0 spiro atoms. The molecule has 0 aliphatic carbocycles. The van der Waals surface area contributed by atoms with E-state index < -0.39 is 5.60 Å². The summed E-state index contributed by atoms with van der Waals surface area (Å²) in [5, 5.41) is 16.2. The van der Waals surface area contributed by atoms with Gasteiger partial charge in [0.1, 0.15) is 0 Å². The van der Waals surface area contributed by atoms with Crippen molar-refractivity contribution < 1.29 is 9.90 Å². The minimum Gasteiger partial charge on any atom is -0.387 e. The van der Waals surface area contributed by atoms with Crippen LogP contribution in [-0.2, 0) is 4.79 Å². The highest BCUT2D eigenvalue weighted by molar-refractivity contribution is 5.78. The fraction of sp³-hybridized carbons (Fsp3) is 0.917. The molecule has 3 N–H and O–H groups in total. The molecule has 5 heteroatoms. The first-order valence-corrected chi connectivity index (χ1v) is 6.13. The Morgan fingerprint density at radius 2 is 2.18 bits per heavy atom. The number of rotatable bonds is 4. The monoisotopic (exact) mass is 243 g/mol. The Kier molecular flexibility index (Phi) is 4.52. The Balaban J connectivity index is 2.34. The summed E-state index contributed by atoms with van der Waals surface area (Å²) in [7, 11) is 1.86. The van der Waals surface area contributed by atoms with Crippen LogP contribution in [0.3, 0.4) is 0 Å². The number of likely N-dealkylation sites (N-methyl/N-ethyl adjacent to an activating group) is 1. The lowest BCUT2D eigenvalue weighted by Gasteiger charge is -2.28. The molecule has 0 aromatic rings. The topological polar surface area (TPSA) is 64.6 Å². The van der Waals surface area contributed by atoms with Crippen LogP contribution in [0, 0.1) is 0 Å². The van der Waals surface area contributed by atoms with Gasteiger partial charge in [0.2, 0.25) is 5.91 Å². The minimum absolute atomic E-state index is 0.00504. The lowest BCUT2D eigenvalue weighted by molar-refractivity contribution is -0.123. The lowest BCUT2D eigenvalue weighted by atomic mass is 10.0. The third-order valence-electron chi connectivity index (χ3n) is 2.71. The third-order valence-corrected chi connectivity index (χ3v) is 2.71. The van der Waals surface area contributed by atoms with Gasteiger partial charge in [0.05, 0.1) is 12.1 Å². The van der Waals surface area contributed by atoms with Crippen molar-refractivity contribution in [3.8, 4) is 0 Å². The van der Waals surface area contributed by atoms with Gasteiger partial charge in [-0.15, -0.1) is 0 Å². The predicted molar refractivity (Wildman–Crippen MR) is 67.8 cm³/mol. The molecule has 5 nitrogen and oxygen atoms in total. The molecule has 0 aromatic heterocycles. The van der Waals surface area contributed by atoms with Gasteiger partial charge in [-0.1, -0.05) is 0 Å². The normalized spacial score (nSPS) is 25.3. The maximum Gasteiger partial charge on any atom is 0.234 e. The first kappa shape index (κ1) is 14.4. The second-order valence-corrected chi connectivity index (χ2v) is 6.12. The van der Waals surface area contributed by atoms with Crippen LogP contribution in [0.1, 0.15) is 27.2 Å². The van der Waals surface area contributed by atoms with Crippen LogP contribution in [0.2, 0.25) is 0 Å². The average molecular weight is 243 g/mol. The number of hydrogen-bond acceptors (Lipinski definition) is 4. The second-order valence-electron chi connectivity index (χ2n) is 6.12. The van der Waals surface area contributed by atoms with Crippen molar-refractivity contribution in [1.29, 1.82) is 0 Å². The van der Waals surface area contributed by atoms with Gasteiger partial charge in [-0.05, 0) is 40.8 Å². The van der Waals surface area contributed by atoms with Gasteiger partial charge in [0.15, 0.2) is 0 Å². The number of hydrogen-bond donors (Lipinski definition) is 3. The molecule has 0 saturated carbocycles. The van der Waals surface area contributed by atoms with E-state index in [2.05, 4.69) is 10.6 Å². The Labute approximate surface area is 104 Å². The van der Waals surface area contributed by atoms with Crippen LogP contribution in [0.25, 0.3) is 0 Å². The Morgan fingerprint density at radius 1 is 1.53 bits per heavy atom. The van der Waals surface area contributed by atoms with Gasteiger partial charge in [-0.2, -0.15) is 0 Å². The fourth-order valence-electron chi connectivity index (χ4n) is 2.13. The van der Waals surface area contributed by atoms with Crippen LogP contribution in [0.5, 0.6) is 0 Å². The van der Waals surface area contributed by atoms with Crippen molar-refractivity contribution in [2.45, 2.75) is 38.3 Å². The molecule has 1 aliphatic heterocycles. The van der Waals surface area contributed by atoms with E-state index in [0.717, 1.165) is 13.0 Å². The van der Waals surface area contributed by atoms with Crippen LogP contribution < -0.4 is 10.6 Å². The molecule has 1 rings (SSSR count). The highest BCUT2D eigenvalue weighted by atomic mass is 16.3. The zero-order chi connectivity index (χ0) is 13.1. The standard InChI is InChI=1S/C12H25N3O2/c1-11(2,3)14-10(16)7-15(4)9-12(17)5-6-13-8-12/h13,17H,5-9H2,1-4H3,(H,14,16). The molecule has 1 atom stereocenters. The van der Waals surface area contributed by atoms with Crippen molar-refractivity contribution in [3.63, 3.8) is 0 Å². The molecule has 100 valence electrons. The molecule has 1 saturated heterocycles. The van der Waals surface area contributed by atoms with Gasteiger partial charge in [0.25, 0.3) is 0 Å². The first-order chi connectivity index (χ1) is 7.70. The number of nitrogens with one attached hydrogen (secondary N) is 2. The van der Waals surface area contributed by atoms with Crippen LogP contribution in [-0.4, -0.2) is 60.3 Å². The molecule has 17 heavy (non-hydrogen) atoms. The largest absolute Gasteiger partial charge is 0.387 e. The van der Waals surface area contributed by atoms with Crippen molar-refractivity contribution in [3.05, 3.63) is 0 Å². The van der Waals surface area contributed by atoms with E-state index in [0.29, 0.717) is 19.6 Å². The first-order valence-electron chi connectivity index (χ1n) is 6.13. The summed E-state index contributed by atoms with van der Waals surface area (Å²) in [5.41, 5.74) is -0.888. The third kappa shape index (κ3) is 5.48. The summed E-state index contributed by atoms with van der Waals surface area (Å²) >= 11 is 0. The molecular weight excluding hydrogens is 218 g/mol. The Morgan fingerprint density at radius 3 is 2.65 bits per heavy atom. The summed E-state index contributed by atoms with van der Waals surface area (Å²) in [6.07, 6.45) is 0.748. The number of carbonyl (C=O) groups excluding carboxylic acids is 1. The van der Waals surface area contributed by atoms with E-state index in [1.807, 2.05) is 32.7 Å². The summed E-state index contributed by atoms with van der Waals surface area (Å²) in [5.74, 6) is -0.00504. The van der Waals surface area contributed by atoms with Crippen LogP contribution in [0.4, 0.5) is 0 Å². The molecule has 1 unspecified atom stereocenters. The number of β-amino-alcohol motifs (C(OH)–C–C–N with tert-alkyl or cyclic N) is 1. The van der Waals surface area contributed by atoms with Crippen molar-refractivity contribution >= 4 is 5.91 Å². The van der Waals surface area contributed by atoms with Gasteiger partial charge < -0.3 is 15.7 Å². The van der Waals surface area contributed by atoms with E-state index in [-0.39, 0.29) is 11.4 Å². The van der Waals surface area contributed by atoms with Crippen LogP contribution in [0.15, 0.2) is 0 Å². The summed E-state index contributed by atoms with van der Waals surface area (Å²) in [6.45, 7) is 8.17. The summed E-state index contributed by atoms with van der Waals surface area (Å²) in [6, 6.07) is 0. The highest BCUT2D eigenvalue weighted by Crippen LogP contribution is 2.15. The van der Waals surface area contributed by atoms with Crippen molar-refractivity contribution in [2.24, 2.45) is 0 Å². The predicted octanol–water partition coefficient (Wildman–Crippen LogP) is -0.443. The minimum atomic E-state index is -0.684. The Hall–Kier alpha value is -0.650. The quantitative estimate of drug-likeness (QED) is 0.626. The van der Waals surface area contributed by atoms with E-state index in [9.17, 15) is 9.90 Å². The lowest BCUT2D eigenvalue weighted by Crippen LogP contribution is -2.49.